The topological polar surface area (TPSA) is 35.0 Å². The van der Waals surface area contributed by atoms with Crippen LogP contribution in [0.25, 0.3) is 10.9 Å². The molecule has 3 nitrogen and oxygen atoms in total. The summed E-state index contributed by atoms with van der Waals surface area (Å²) in [5, 5.41) is 0.954. The second-order valence-electron chi connectivity index (χ2n) is 3.35. The molecule has 2 aromatic rings. The van der Waals surface area contributed by atoms with Crippen molar-refractivity contribution >= 4 is 22.5 Å². The van der Waals surface area contributed by atoms with E-state index in [-0.39, 0.29) is 5.75 Å². The molecule has 0 aliphatic heterocycles. The smallest absolute Gasteiger partial charge is 0.387 e. The highest BCUT2D eigenvalue weighted by molar-refractivity contribution is 6.31. The van der Waals surface area contributed by atoms with E-state index >= 15 is 0 Å². The molecule has 0 aliphatic carbocycles. The molecule has 0 saturated heterocycles. The number of halogens is 3. The van der Waals surface area contributed by atoms with Crippen LogP contribution in [0.3, 0.4) is 0 Å². The van der Waals surface area contributed by atoms with Crippen molar-refractivity contribution < 1.29 is 13.5 Å². The third kappa shape index (κ3) is 3.73. The number of rotatable bonds is 3. The molecule has 1 aromatic carbocycles. The molecule has 2 rings (SSSR count). The Morgan fingerprint density at radius 2 is 1.95 bits per heavy atom. The Balaban J connectivity index is 0.000000861. The van der Waals surface area contributed by atoms with Crippen molar-refractivity contribution in [1.82, 2.24) is 9.97 Å². The second-order valence-corrected chi connectivity index (χ2v) is 3.79. The summed E-state index contributed by atoms with van der Waals surface area (Å²) in [6, 6.07) is 2.97. The maximum atomic E-state index is 12.3. The first-order chi connectivity index (χ1) is 9.11. The number of aromatic nitrogens is 2. The van der Waals surface area contributed by atoms with Gasteiger partial charge in [-0.1, -0.05) is 32.4 Å². The van der Waals surface area contributed by atoms with Gasteiger partial charge in [0.05, 0.1) is 5.69 Å². The lowest BCUT2D eigenvalue weighted by Crippen LogP contribution is -2.04. The molecule has 0 aliphatic rings. The van der Waals surface area contributed by atoms with E-state index in [1.165, 1.54) is 12.4 Å². The summed E-state index contributed by atoms with van der Waals surface area (Å²) in [5.41, 5.74) is 1.10. The monoisotopic (exact) mass is 288 g/mol. The zero-order valence-electron chi connectivity index (χ0n) is 11.0. The van der Waals surface area contributed by atoms with Crippen molar-refractivity contribution in [2.45, 2.75) is 33.8 Å². The quantitative estimate of drug-likeness (QED) is 0.835. The molecule has 0 saturated carbocycles. The minimum Gasteiger partial charge on any atom is -0.432 e. The van der Waals surface area contributed by atoms with Crippen molar-refractivity contribution in [3.63, 3.8) is 0 Å². The van der Waals surface area contributed by atoms with E-state index in [0.29, 0.717) is 22.3 Å². The average molecular weight is 289 g/mol. The van der Waals surface area contributed by atoms with Gasteiger partial charge < -0.3 is 4.74 Å². The number of alkyl halides is 2. The number of ether oxygens (including phenoxy) is 1. The molecule has 0 amide bonds. The molecule has 104 valence electrons. The summed E-state index contributed by atoms with van der Waals surface area (Å²) in [7, 11) is 0. The van der Waals surface area contributed by atoms with Crippen LogP contribution in [0.2, 0.25) is 5.02 Å². The molecule has 0 atom stereocenters. The van der Waals surface area contributed by atoms with E-state index < -0.39 is 6.61 Å². The van der Waals surface area contributed by atoms with Crippen LogP contribution in [0.15, 0.2) is 18.5 Å². The zero-order valence-corrected chi connectivity index (χ0v) is 11.7. The standard InChI is InChI=1S/C11H9ClF2N2O.C2H6/c1-2-8-7-3-6(12)4-9(17-11(13)14)10(7)16-5-15-8;1-2/h3-5,11H,2H2,1H3;1-2H3. The SMILES string of the molecule is CC.CCc1ncnc2c(OC(F)F)cc(Cl)cc12. The Bertz CT molecular complexity index is 549. The van der Waals surface area contributed by atoms with Gasteiger partial charge in [0.2, 0.25) is 0 Å². The lowest BCUT2D eigenvalue weighted by atomic mass is 10.1. The summed E-state index contributed by atoms with van der Waals surface area (Å²) in [4.78, 5) is 8.03. The van der Waals surface area contributed by atoms with E-state index in [9.17, 15) is 8.78 Å². The van der Waals surface area contributed by atoms with Gasteiger partial charge in [0, 0.05) is 16.5 Å². The van der Waals surface area contributed by atoms with E-state index in [2.05, 4.69) is 14.7 Å². The van der Waals surface area contributed by atoms with Crippen LogP contribution in [0.4, 0.5) is 8.78 Å². The van der Waals surface area contributed by atoms with Crippen LogP contribution < -0.4 is 4.74 Å². The zero-order chi connectivity index (χ0) is 14.4. The Hall–Kier alpha value is -1.49. The minimum absolute atomic E-state index is 0.0281. The lowest BCUT2D eigenvalue weighted by Gasteiger charge is -2.09. The maximum absolute atomic E-state index is 12.3. The van der Waals surface area contributed by atoms with Gasteiger partial charge in [-0.3, -0.25) is 0 Å². The molecule has 1 heterocycles. The third-order valence-electron chi connectivity index (χ3n) is 2.30. The van der Waals surface area contributed by atoms with Gasteiger partial charge in [-0.15, -0.1) is 0 Å². The van der Waals surface area contributed by atoms with Crippen LogP contribution in [0, 0.1) is 0 Å². The Morgan fingerprint density at radius 3 is 2.53 bits per heavy atom. The predicted octanol–water partition coefficient (Wildman–Crippen LogP) is 4.47. The fourth-order valence-corrected chi connectivity index (χ4v) is 1.83. The highest BCUT2D eigenvalue weighted by Gasteiger charge is 2.13. The lowest BCUT2D eigenvalue weighted by molar-refractivity contribution is -0.0489. The van der Waals surface area contributed by atoms with Crippen LogP contribution in [-0.4, -0.2) is 16.6 Å². The largest absolute Gasteiger partial charge is 0.432 e. The molecular formula is C13H15ClF2N2O. The van der Waals surface area contributed by atoms with Gasteiger partial charge in [-0.25, -0.2) is 9.97 Å². The highest BCUT2D eigenvalue weighted by atomic mass is 35.5. The van der Waals surface area contributed by atoms with Gasteiger partial charge in [-0.05, 0) is 12.5 Å². The van der Waals surface area contributed by atoms with Crippen molar-refractivity contribution in [3.05, 3.63) is 29.2 Å². The van der Waals surface area contributed by atoms with E-state index in [4.69, 9.17) is 11.6 Å². The number of hydrogen-bond donors (Lipinski definition) is 0. The fourth-order valence-electron chi connectivity index (χ4n) is 1.62. The van der Waals surface area contributed by atoms with Crippen LogP contribution >= 0.6 is 11.6 Å². The van der Waals surface area contributed by atoms with Gasteiger partial charge in [-0.2, -0.15) is 8.78 Å². The molecule has 0 fully saturated rings. The van der Waals surface area contributed by atoms with Gasteiger partial charge in [0.15, 0.2) is 5.75 Å². The number of nitrogens with zero attached hydrogens (tertiary/aromatic N) is 2. The molecular weight excluding hydrogens is 274 g/mol. The van der Waals surface area contributed by atoms with E-state index in [1.807, 2.05) is 20.8 Å². The van der Waals surface area contributed by atoms with Crippen LogP contribution in [0.1, 0.15) is 26.5 Å². The first-order valence-corrected chi connectivity index (χ1v) is 6.37. The maximum Gasteiger partial charge on any atom is 0.387 e. The van der Waals surface area contributed by atoms with Crippen LogP contribution in [0.5, 0.6) is 5.75 Å². The van der Waals surface area contributed by atoms with Gasteiger partial charge in [0.1, 0.15) is 11.8 Å². The Labute approximate surface area is 115 Å². The normalized spacial score (nSPS) is 10.3. The first-order valence-electron chi connectivity index (χ1n) is 5.99. The summed E-state index contributed by atoms with van der Waals surface area (Å²) in [6.45, 7) is 3.01. The van der Waals surface area contributed by atoms with Crippen molar-refractivity contribution in [2.75, 3.05) is 0 Å². The molecule has 19 heavy (non-hydrogen) atoms. The summed E-state index contributed by atoms with van der Waals surface area (Å²) >= 11 is 5.86. The molecule has 0 spiro atoms. The molecule has 1 aromatic heterocycles. The second kappa shape index (κ2) is 7.19. The minimum atomic E-state index is -2.91. The number of hydrogen-bond acceptors (Lipinski definition) is 3. The van der Waals surface area contributed by atoms with Crippen molar-refractivity contribution in [2.24, 2.45) is 0 Å². The Morgan fingerprint density at radius 1 is 1.26 bits per heavy atom. The Kier molecular flexibility index (Phi) is 5.89. The molecule has 0 bridgehead atoms. The van der Waals surface area contributed by atoms with E-state index in [0.717, 1.165) is 5.69 Å². The number of fused-ring (bicyclic) bond motifs is 1. The van der Waals surface area contributed by atoms with Gasteiger partial charge >= 0.3 is 6.61 Å². The number of benzene rings is 1. The van der Waals surface area contributed by atoms with Crippen LogP contribution in [-0.2, 0) is 6.42 Å². The summed E-state index contributed by atoms with van der Waals surface area (Å²) in [5.74, 6) is -0.0281. The molecule has 0 N–H and O–H groups in total. The number of aryl methyl sites for hydroxylation is 1. The molecule has 0 radical (unpaired) electrons. The van der Waals surface area contributed by atoms with Gasteiger partial charge in [0.25, 0.3) is 0 Å². The van der Waals surface area contributed by atoms with E-state index in [1.54, 1.807) is 6.07 Å². The third-order valence-corrected chi connectivity index (χ3v) is 2.52. The molecule has 0 unspecified atom stereocenters. The molecule has 6 heteroatoms. The summed E-state index contributed by atoms with van der Waals surface area (Å²) < 4.78 is 28.9. The fraction of sp³-hybridized carbons (Fsp3) is 0.385. The van der Waals surface area contributed by atoms with Crippen molar-refractivity contribution in [1.29, 1.82) is 0 Å². The average Bonchev–Trinajstić information content (AvgIpc) is 2.39. The predicted molar refractivity (Wildman–Crippen MR) is 71.9 cm³/mol. The van der Waals surface area contributed by atoms with Crippen molar-refractivity contribution in [3.8, 4) is 5.75 Å². The summed E-state index contributed by atoms with van der Waals surface area (Å²) in [6.07, 6.45) is 1.99. The highest BCUT2D eigenvalue weighted by Crippen LogP contribution is 2.30. The first kappa shape index (κ1) is 15.6.